The molecule has 4 rings (SSSR count). The van der Waals surface area contributed by atoms with Crippen LogP contribution in [0.3, 0.4) is 0 Å². The summed E-state index contributed by atoms with van der Waals surface area (Å²) in [5.74, 6) is -7.31. The van der Waals surface area contributed by atoms with E-state index < -0.39 is 53.3 Å². The Balaban J connectivity index is 1.54. The van der Waals surface area contributed by atoms with Crippen LogP contribution in [0.25, 0.3) is 0 Å². The van der Waals surface area contributed by atoms with Crippen molar-refractivity contribution in [2.75, 3.05) is 19.6 Å². The molecule has 9 nitrogen and oxygen atoms in total. The minimum absolute atomic E-state index is 0.0386. The fourth-order valence-electron chi connectivity index (χ4n) is 4.81. The standard InChI is InChI=1S/C29H26F3N3O6/c30-22-14-24(32)23(31)12-17(22)11-21(33)13-26(36)34-6-7-35(25(15-34)16-4-2-1-3-5-16)27(37)18-8-19(28(38)39)10-20(9-18)29(40)41/h1-5,8-10,12,14,21,25H,6-7,11,13,15,33H2,(H,38,39)(H,40,41)/t21-,25?/m1/s1. The van der Waals surface area contributed by atoms with Crippen molar-refractivity contribution in [3.63, 3.8) is 0 Å². The molecule has 4 N–H and O–H groups in total. The van der Waals surface area contributed by atoms with Crippen molar-refractivity contribution in [2.24, 2.45) is 5.73 Å². The van der Waals surface area contributed by atoms with E-state index in [0.717, 1.165) is 18.2 Å². The molecule has 1 saturated heterocycles. The quantitative estimate of drug-likeness (QED) is 0.353. The van der Waals surface area contributed by atoms with Crippen LogP contribution in [0.1, 0.15) is 54.7 Å². The number of aromatic carboxylic acids is 2. The Bertz CT molecular complexity index is 1470. The highest BCUT2D eigenvalue weighted by molar-refractivity contribution is 6.01. The molecule has 214 valence electrons. The Labute approximate surface area is 232 Å². The van der Waals surface area contributed by atoms with Gasteiger partial charge in [0.2, 0.25) is 5.91 Å². The number of hydrogen-bond acceptors (Lipinski definition) is 5. The fourth-order valence-corrected chi connectivity index (χ4v) is 4.81. The van der Waals surface area contributed by atoms with Crippen molar-refractivity contribution in [2.45, 2.75) is 24.9 Å². The van der Waals surface area contributed by atoms with Crippen LogP contribution in [-0.4, -0.2) is 69.4 Å². The van der Waals surface area contributed by atoms with Gasteiger partial charge in [-0.15, -0.1) is 0 Å². The highest BCUT2D eigenvalue weighted by Gasteiger charge is 2.35. The number of piperazine rings is 1. The zero-order valence-corrected chi connectivity index (χ0v) is 21.6. The van der Waals surface area contributed by atoms with E-state index in [4.69, 9.17) is 5.73 Å². The third kappa shape index (κ3) is 6.72. The molecule has 1 aliphatic heterocycles. The predicted molar refractivity (Wildman–Crippen MR) is 140 cm³/mol. The Hall–Kier alpha value is -4.71. The summed E-state index contributed by atoms with van der Waals surface area (Å²) in [7, 11) is 0. The van der Waals surface area contributed by atoms with Gasteiger partial charge in [0, 0.05) is 43.7 Å². The normalized spacial score (nSPS) is 15.9. The van der Waals surface area contributed by atoms with Crippen LogP contribution < -0.4 is 5.73 Å². The SMILES string of the molecule is N[C@@H](CC(=O)N1CCN(C(=O)c2cc(C(=O)O)cc(C(=O)O)c2)C(c2ccccc2)C1)Cc1cc(F)c(F)cc1F. The molecular weight excluding hydrogens is 543 g/mol. The number of carboxylic acid groups (broad SMARTS) is 2. The van der Waals surface area contributed by atoms with Gasteiger partial charge in [-0.05, 0) is 41.8 Å². The van der Waals surface area contributed by atoms with Gasteiger partial charge < -0.3 is 25.7 Å². The lowest BCUT2D eigenvalue weighted by molar-refractivity contribution is -0.134. The van der Waals surface area contributed by atoms with Crippen molar-refractivity contribution in [3.05, 3.63) is 106 Å². The number of rotatable bonds is 8. The lowest BCUT2D eigenvalue weighted by atomic mass is 9.98. The minimum atomic E-state index is -1.39. The third-order valence-electron chi connectivity index (χ3n) is 6.86. The zero-order chi connectivity index (χ0) is 29.8. The van der Waals surface area contributed by atoms with E-state index in [1.54, 1.807) is 30.3 Å². The number of amides is 2. The molecule has 1 fully saturated rings. The number of benzene rings is 3. The number of nitrogens with zero attached hydrogens (tertiary/aromatic N) is 2. The number of carbonyl (C=O) groups is 4. The van der Waals surface area contributed by atoms with Crippen LogP contribution in [0, 0.1) is 17.5 Å². The van der Waals surface area contributed by atoms with E-state index in [-0.39, 0.29) is 54.7 Å². The predicted octanol–water partition coefficient (Wildman–Crippen LogP) is 3.49. The van der Waals surface area contributed by atoms with Crippen molar-refractivity contribution < 1.29 is 42.6 Å². The Morgan fingerprint density at radius 2 is 1.41 bits per heavy atom. The van der Waals surface area contributed by atoms with E-state index in [9.17, 15) is 42.6 Å². The first-order valence-electron chi connectivity index (χ1n) is 12.6. The molecule has 1 aliphatic rings. The number of carbonyl (C=O) groups excluding carboxylic acids is 2. The van der Waals surface area contributed by atoms with Crippen molar-refractivity contribution in [1.29, 1.82) is 0 Å². The van der Waals surface area contributed by atoms with Crippen LogP contribution >= 0.6 is 0 Å². The number of hydrogen-bond donors (Lipinski definition) is 3. The summed E-state index contributed by atoms with van der Waals surface area (Å²) in [6.07, 6.45) is -0.433. The first kappa shape index (κ1) is 29.3. The topological polar surface area (TPSA) is 141 Å². The van der Waals surface area contributed by atoms with Crippen LogP contribution in [-0.2, 0) is 11.2 Å². The number of halogens is 3. The maximum absolute atomic E-state index is 14.1. The van der Waals surface area contributed by atoms with Gasteiger partial charge >= 0.3 is 11.9 Å². The van der Waals surface area contributed by atoms with E-state index in [1.807, 2.05) is 0 Å². The highest BCUT2D eigenvalue weighted by Crippen LogP contribution is 2.28. The first-order valence-corrected chi connectivity index (χ1v) is 12.6. The third-order valence-corrected chi connectivity index (χ3v) is 6.86. The number of carboxylic acids is 2. The Morgan fingerprint density at radius 3 is 2.02 bits per heavy atom. The van der Waals surface area contributed by atoms with Crippen LogP contribution in [0.4, 0.5) is 13.2 Å². The smallest absolute Gasteiger partial charge is 0.335 e. The molecule has 0 radical (unpaired) electrons. The molecule has 1 unspecified atom stereocenters. The maximum Gasteiger partial charge on any atom is 0.335 e. The van der Waals surface area contributed by atoms with Crippen LogP contribution in [0.15, 0.2) is 60.7 Å². The van der Waals surface area contributed by atoms with Gasteiger partial charge in [0.05, 0.1) is 17.2 Å². The van der Waals surface area contributed by atoms with Gasteiger partial charge in [0.1, 0.15) is 5.82 Å². The van der Waals surface area contributed by atoms with Gasteiger partial charge in [-0.2, -0.15) is 0 Å². The molecule has 0 aromatic heterocycles. The lowest BCUT2D eigenvalue weighted by Crippen LogP contribution is -2.53. The number of nitrogens with two attached hydrogens (primary N) is 1. The monoisotopic (exact) mass is 569 g/mol. The minimum Gasteiger partial charge on any atom is -0.478 e. The summed E-state index contributed by atoms with van der Waals surface area (Å²) in [5, 5.41) is 18.8. The summed E-state index contributed by atoms with van der Waals surface area (Å²) in [6.45, 7) is 0.173. The summed E-state index contributed by atoms with van der Waals surface area (Å²) in [5.41, 5.74) is 5.73. The van der Waals surface area contributed by atoms with E-state index in [1.165, 1.54) is 9.80 Å². The van der Waals surface area contributed by atoms with Crippen LogP contribution in [0.2, 0.25) is 0 Å². The second kappa shape index (κ2) is 12.2. The second-order valence-electron chi connectivity index (χ2n) is 9.70. The van der Waals surface area contributed by atoms with E-state index >= 15 is 0 Å². The lowest BCUT2D eigenvalue weighted by Gasteiger charge is -2.42. The van der Waals surface area contributed by atoms with E-state index in [2.05, 4.69) is 0 Å². The summed E-state index contributed by atoms with van der Waals surface area (Å²) >= 11 is 0. The van der Waals surface area contributed by atoms with Crippen LogP contribution in [0.5, 0.6) is 0 Å². The van der Waals surface area contributed by atoms with Gasteiger partial charge in [-0.3, -0.25) is 9.59 Å². The highest BCUT2D eigenvalue weighted by atomic mass is 19.2. The van der Waals surface area contributed by atoms with Crippen molar-refractivity contribution >= 4 is 23.8 Å². The molecule has 2 atom stereocenters. The largest absolute Gasteiger partial charge is 0.478 e. The average molecular weight is 570 g/mol. The Kier molecular flexibility index (Phi) is 8.72. The molecule has 12 heteroatoms. The molecule has 3 aromatic carbocycles. The molecule has 41 heavy (non-hydrogen) atoms. The molecule has 0 aliphatic carbocycles. The Morgan fingerprint density at radius 1 is 0.829 bits per heavy atom. The fraction of sp³-hybridized carbons (Fsp3) is 0.241. The molecule has 3 aromatic rings. The first-order chi connectivity index (χ1) is 19.4. The molecule has 1 heterocycles. The maximum atomic E-state index is 14.1. The van der Waals surface area contributed by atoms with E-state index in [0.29, 0.717) is 17.7 Å². The zero-order valence-electron chi connectivity index (χ0n) is 21.6. The summed E-state index contributed by atoms with van der Waals surface area (Å²) < 4.78 is 40.9. The van der Waals surface area contributed by atoms with Gasteiger partial charge in [0.15, 0.2) is 11.6 Å². The molecule has 0 spiro atoms. The molecule has 2 amide bonds. The average Bonchev–Trinajstić information content (AvgIpc) is 2.95. The second-order valence-corrected chi connectivity index (χ2v) is 9.70. The van der Waals surface area contributed by atoms with Crippen molar-refractivity contribution in [3.8, 4) is 0 Å². The summed E-state index contributed by atoms with van der Waals surface area (Å²) in [6, 6.07) is 11.5. The molecule has 0 bridgehead atoms. The van der Waals surface area contributed by atoms with Gasteiger partial charge in [0.25, 0.3) is 5.91 Å². The summed E-state index contributed by atoms with van der Waals surface area (Å²) in [4.78, 5) is 52.8. The van der Waals surface area contributed by atoms with Gasteiger partial charge in [-0.1, -0.05) is 30.3 Å². The molecule has 0 saturated carbocycles. The molecular formula is C29H26F3N3O6. The van der Waals surface area contributed by atoms with Crippen molar-refractivity contribution in [1.82, 2.24) is 9.80 Å². The van der Waals surface area contributed by atoms with Gasteiger partial charge in [-0.25, -0.2) is 22.8 Å².